The second-order valence-electron chi connectivity index (χ2n) is 3.61. The SMILES string of the molecule is [Cl-].c1cc[n+](Cn2nnc3ccccc32)cc1. The average molecular weight is 247 g/mol. The molecule has 0 atom stereocenters. The Bertz CT molecular complexity index is 606. The Hall–Kier alpha value is -1.94. The number of benzene rings is 1. The molecule has 0 fully saturated rings. The fourth-order valence-corrected chi connectivity index (χ4v) is 1.71. The summed E-state index contributed by atoms with van der Waals surface area (Å²) >= 11 is 0. The van der Waals surface area contributed by atoms with Crippen LogP contribution in [0.25, 0.3) is 11.0 Å². The van der Waals surface area contributed by atoms with Crippen LogP contribution in [0, 0.1) is 0 Å². The van der Waals surface area contributed by atoms with Gasteiger partial charge in [0.2, 0.25) is 6.67 Å². The van der Waals surface area contributed by atoms with E-state index in [2.05, 4.69) is 14.9 Å². The van der Waals surface area contributed by atoms with Crippen molar-refractivity contribution in [3.63, 3.8) is 0 Å². The summed E-state index contributed by atoms with van der Waals surface area (Å²) in [5.74, 6) is 0. The van der Waals surface area contributed by atoms with Gasteiger partial charge in [-0.15, -0.1) is 5.10 Å². The Morgan fingerprint density at radius 2 is 1.76 bits per heavy atom. The van der Waals surface area contributed by atoms with Crippen molar-refractivity contribution in [3.8, 4) is 0 Å². The Labute approximate surface area is 105 Å². The zero-order valence-electron chi connectivity index (χ0n) is 9.07. The monoisotopic (exact) mass is 246 g/mol. The normalized spacial score (nSPS) is 10.1. The van der Waals surface area contributed by atoms with E-state index in [-0.39, 0.29) is 12.4 Å². The van der Waals surface area contributed by atoms with Crippen molar-refractivity contribution in [1.82, 2.24) is 15.0 Å². The summed E-state index contributed by atoms with van der Waals surface area (Å²) < 4.78 is 3.94. The zero-order valence-corrected chi connectivity index (χ0v) is 9.83. The van der Waals surface area contributed by atoms with Crippen molar-refractivity contribution in [3.05, 3.63) is 54.9 Å². The van der Waals surface area contributed by atoms with E-state index in [4.69, 9.17) is 0 Å². The van der Waals surface area contributed by atoms with Crippen LogP contribution in [0.2, 0.25) is 0 Å². The first-order valence-electron chi connectivity index (χ1n) is 5.16. The maximum Gasteiger partial charge on any atom is 0.244 e. The van der Waals surface area contributed by atoms with Gasteiger partial charge in [-0.1, -0.05) is 23.4 Å². The minimum Gasteiger partial charge on any atom is -1.00 e. The number of para-hydroxylation sites is 1. The third-order valence-electron chi connectivity index (χ3n) is 2.49. The molecule has 0 aliphatic rings. The molecule has 3 rings (SSSR count). The van der Waals surface area contributed by atoms with Gasteiger partial charge in [-0.3, -0.25) is 0 Å². The Morgan fingerprint density at radius 1 is 1.00 bits per heavy atom. The Morgan fingerprint density at radius 3 is 2.59 bits per heavy atom. The predicted molar refractivity (Wildman–Crippen MR) is 59.6 cm³/mol. The second-order valence-corrected chi connectivity index (χ2v) is 3.61. The minimum absolute atomic E-state index is 0. The van der Waals surface area contributed by atoms with E-state index < -0.39 is 0 Å². The fraction of sp³-hybridized carbons (Fsp3) is 0.0833. The summed E-state index contributed by atoms with van der Waals surface area (Å²) in [6, 6.07) is 14.0. The minimum atomic E-state index is 0. The van der Waals surface area contributed by atoms with Crippen LogP contribution in [0.15, 0.2) is 54.9 Å². The molecule has 1 aromatic carbocycles. The van der Waals surface area contributed by atoms with Gasteiger partial charge in [0.15, 0.2) is 12.4 Å². The van der Waals surface area contributed by atoms with E-state index in [9.17, 15) is 0 Å². The first kappa shape index (κ1) is 11.5. The summed E-state index contributed by atoms with van der Waals surface area (Å²) in [5.41, 5.74) is 1.98. The van der Waals surface area contributed by atoms with Gasteiger partial charge in [0, 0.05) is 12.1 Å². The number of nitrogens with zero attached hydrogens (tertiary/aromatic N) is 4. The number of fused-ring (bicyclic) bond motifs is 1. The first-order valence-corrected chi connectivity index (χ1v) is 5.16. The average Bonchev–Trinajstić information content (AvgIpc) is 2.74. The van der Waals surface area contributed by atoms with Gasteiger partial charge in [0.05, 0.1) is 5.52 Å². The zero-order chi connectivity index (χ0) is 10.8. The van der Waals surface area contributed by atoms with Crippen molar-refractivity contribution >= 4 is 11.0 Å². The highest BCUT2D eigenvalue weighted by molar-refractivity contribution is 5.73. The summed E-state index contributed by atoms with van der Waals surface area (Å²) in [6.07, 6.45) is 4.02. The van der Waals surface area contributed by atoms with Crippen molar-refractivity contribution in [2.75, 3.05) is 0 Å². The fourth-order valence-electron chi connectivity index (χ4n) is 1.71. The van der Waals surface area contributed by atoms with Crippen LogP contribution in [0.4, 0.5) is 0 Å². The molecule has 0 spiro atoms. The number of hydrogen-bond acceptors (Lipinski definition) is 2. The van der Waals surface area contributed by atoms with Crippen LogP contribution < -0.4 is 17.0 Å². The molecule has 0 bridgehead atoms. The number of hydrogen-bond donors (Lipinski definition) is 0. The summed E-state index contributed by atoms with van der Waals surface area (Å²) in [5, 5.41) is 8.25. The van der Waals surface area contributed by atoms with Crippen LogP contribution in [0.1, 0.15) is 0 Å². The molecule has 0 amide bonds. The number of aromatic nitrogens is 4. The van der Waals surface area contributed by atoms with Crippen LogP contribution in [-0.4, -0.2) is 15.0 Å². The maximum absolute atomic E-state index is 4.14. The van der Waals surface area contributed by atoms with Gasteiger partial charge in [-0.05, 0) is 12.1 Å². The summed E-state index contributed by atoms with van der Waals surface area (Å²) in [7, 11) is 0. The van der Waals surface area contributed by atoms with E-state index in [0.717, 1.165) is 11.0 Å². The predicted octanol–water partition coefficient (Wildman–Crippen LogP) is -1.77. The van der Waals surface area contributed by atoms with E-state index in [1.165, 1.54) is 0 Å². The molecule has 0 saturated carbocycles. The highest BCUT2D eigenvalue weighted by Crippen LogP contribution is 2.08. The second kappa shape index (κ2) is 4.93. The molecule has 3 aromatic rings. The van der Waals surface area contributed by atoms with Crippen molar-refractivity contribution in [1.29, 1.82) is 0 Å². The molecule has 0 unspecified atom stereocenters. The van der Waals surface area contributed by atoms with Crippen LogP contribution >= 0.6 is 0 Å². The standard InChI is InChI=1S/C12H11N4.ClH/c1-4-8-15(9-5-1)10-16-12-7-3-2-6-11(12)13-14-16;/h1-9H,10H2;1H/q+1;/p-1. The molecule has 0 aliphatic carbocycles. The number of pyridine rings is 1. The van der Waals surface area contributed by atoms with E-state index >= 15 is 0 Å². The van der Waals surface area contributed by atoms with Crippen LogP contribution in [-0.2, 0) is 6.67 Å². The third-order valence-corrected chi connectivity index (χ3v) is 2.49. The maximum atomic E-state index is 4.14. The molecule has 17 heavy (non-hydrogen) atoms. The van der Waals surface area contributed by atoms with Gasteiger partial charge in [0.25, 0.3) is 0 Å². The van der Waals surface area contributed by atoms with E-state index in [1.54, 1.807) is 0 Å². The molecule has 86 valence electrons. The lowest BCUT2D eigenvalue weighted by atomic mass is 10.3. The van der Waals surface area contributed by atoms with Gasteiger partial charge in [0.1, 0.15) is 5.52 Å². The number of halogens is 1. The highest BCUT2D eigenvalue weighted by Gasteiger charge is 2.06. The van der Waals surface area contributed by atoms with E-state index in [0.29, 0.717) is 6.67 Å². The molecule has 0 radical (unpaired) electrons. The lowest BCUT2D eigenvalue weighted by molar-refractivity contribution is -0.702. The van der Waals surface area contributed by atoms with E-state index in [1.807, 2.05) is 59.5 Å². The molecule has 0 N–H and O–H groups in total. The lowest BCUT2D eigenvalue weighted by Crippen LogP contribution is -3.00. The van der Waals surface area contributed by atoms with Crippen molar-refractivity contribution in [2.24, 2.45) is 0 Å². The topological polar surface area (TPSA) is 34.6 Å². The summed E-state index contributed by atoms with van der Waals surface area (Å²) in [6.45, 7) is 0.682. The molecular formula is C12H11ClN4. The molecule has 2 aromatic heterocycles. The smallest absolute Gasteiger partial charge is 0.244 e. The third kappa shape index (κ3) is 2.26. The quantitative estimate of drug-likeness (QED) is 0.502. The van der Waals surface area contributed by atoms with Gasteiger partial charge in [-0.2, -0.15) is 9.25 Å². The Kier molecular flexibility index (Phi) is 3.35. The highest BCUT2D eigenvalue weighted by atomic mass is 35.5. The first-order chi connectivity index (χ1) is 7.93. The van der Waals surface area contributed by atoms with Crippen LogP contribution in [0.3, 0.4) is 0 Å². The van der Waals surface area contributed by atoms with Crippen LogP contribution in [0.5, 0.6) is 0 Å². The molecule has 2 heterocycles. The van der Waals surface area contributed by atoms with Crippen molar-refractivity contribution in [2.45, 2.75) is 6.67 Å². The molecule has 5 heteroatoms. The summed E-state index contributed by atoms with van der Waals surface area (Å²) in [4.78, 5) is 0. The molecular weight excluding hydrogens is 236 g/mol. The largest absolute Gasteiger partial charge is 1.00 e. The van der Waals surface area contributed by atoms with Gasteiger partial charge in [-0.25, -0.2) is 0 Å². The number of rotatable bonds is 2. The Balaban J connectivity index is 0.00000108. The molecule has 0 saturated heterocycles. The molecule has 4 nitrogen and oxygen atoms in total. The van der Waals surface area contributed by atoms with Gasteiger partial charge >= 0.3 is 0 Å². The molecule has 0 aliphatic heterocycles. The lowest BCUT2D eigenvalue weighted by Gasteiger charge is -1.97. The van der Waals surface area contributed by atoms with Crippen molar-refractivity contribution < 1.29 is 17.0 Å². The van der Waals surface area contributed by atoms with Gasteiger partial charge < -0.3 is 12.4 Å².